The van der Waals surface area contributed by atoms with Crippen LogP contribution in [-0.2, 0) is 4.79 Å². The van der Waals surface area contributed by atoms with Crippen LogP contribution in [0.4, 0.5) is 5.69 Å². The maximum atomic E-state index is 11.2. The van der Waals surface area contributed by atoms with Crippen molar-refractivity contribution in [2.24, 2.45) is 0 Å². The van der Waals surface area contributed by atoms with Gasteiger partial charge in [0.15, 0.2) is 5.75 Å². The summed E-state index contributed by atoms with van der Waals surface area (Å²) >= 11 is 6.02. The van der Waals surface area contributed by atoms with Gasteiger partial charge in [-0.15, -0.1) is 0 Å². The summed E-state index contributed by atoms with van der Waals surface area (Å²) in [7, 11) is 1.70. The highest BCUT2D eigenvalue weighted by molar-refractivity contribution is 6.31. The molecule has 0 aliphatic carbocycles. The zero-order chi connectivity index (χ0) is 15.4. The van der Waals surface area contributed by atoms with Gasteiger partial charge in [-0.05, 0) is 37.3 Å². The molecule has 0 saturated carbocycles. The number of carboxylic acid groups (broad SMARTS) is 1. The van der Waals surface area contributed by atoms with Crippen LogP contribution in [0.15, 0.2) is 48.5 Å². The molecule has 110 valence electrons. The van der Waals surface area contributed by atoms with Gasteiger partial charge in [-0.3, -0.25) is 0 Å². The Morgan fingerprint density at radius 1 is 1.24 bits per heavy atom. The van der Waals surface area contributed by atoms with Gasteiger partial charge in [0.25, 0.3) is 0 Å². The molecule has 2 aromatic rings. The van der Waals surface area contributed by atoms with Gasteiger partial charge in [0.1, 0.15) is 11.8 Å². The topological polar surface area (TPSA) is 49.8 Å². The van der Waals surface area contributed by atoms with Crippen LogP contribution >= 0.6 is 11.6 Å². The number of hydrogen-bond donors (Lipinski definition) is 1. The van der Waals surface area contributed by atoms with Crippen molar-refractivity contribution >= 4 is 23.3 Å². The first kappa shape index (κ1) is 15.2. The second-order valence-electron chi connectivity index (χ2n) is 4.65. The molecule has 0 bridgehead atoms. The van der Waals surface area contributed by atoms with E-state index in [1.54, 1.807) is 37.1 Å². The van der Waals surface area contributed by atoms with Crippen molar-refractivity contribution in [3.63, 3.8) is 0 Å². The number of nitrogens with zero attached hydrogens (tertiary/aromatic N) is 1. The Balaban J connectivity index is 2.36. The lowest BCUT2D eigenvalue weighted by Gasteiger charge is -2.26. The molecule has 0 saturated heterocycles. The number of rotatable bonds is 5. The molecular formula is C16H16ClNO3. The van der Waals surface area contributed by atoms with Crippen LogP contribution in [0.3, 0.4) is 0 Å². The number of hydrogen-bond acceptors (Lipinski definition) is 3. The second-order valence-corrected chi connectivity index (χ2v) is 5.09. The molecule has 0 aliphatic rings. The molecule has 0 fully saturated rings. The van der Waals surface area contributed by atoms with Crippen LogP contribution in [0.5, 0.6) is 11.5 Å². The molecule has 0 aromatic heterocycles. The zero-order valence-electron chi connectivity index (χ0n) is 11.8. The first-order valence-electron chi connectivity index (χ1n) is 6.47. The third-order valence-electron chi connectivity index (χ3n) is 3.21. The van der Waals surface area contributed by atoms with E-state index in [1.165, 1.54) is 0 Å². The molecule has 0 aliphatic heterocycles. The number of anilines is 1. The number of carboxylic acids is 1. The van der Waals surface area contributed by atoms with Gasteiger partial charge in [-0.2, -0.15) is 0 Å². The Morgan fingerprint density at radius 3 is 2.52 bits per heavy atom. The van der Waals surface area contributed by atoms with E-state index >= 15 is 0 Å². The van der Waals surface area contributed by atoms with Gasteiger partial charge in [-0.1, -0.05) is 29.8 Å². The SMILES string of the molecule is C[C@@H](C(=O)O)N(C)c1cc(Cl)ccc1Oc1ccccc1. The highest BCUT2D eigenvalue weighted by atomic mass is 35.5. The van der Waals surface area contributed by atoms with Crippen molar-refractivity contribution in [3.05, 3.63) is 53.6 Å². The largest absolute Gasteiger partial charge is 0.480 e. The number of aliphatic carboxylic acids is 1. The summed E-state index contributed by atoms with van der Waals surface area (Å²) < 4.78 is 5.82. The predicted octanol–water partition coefficient (Wildman–Crippen LogP) is 4.04. The van der Waals surface area contributed by atoms with Gasteiger partial charge >= 0.3 is 5.97 Å². The van der Waals surface area contributed by atoms with Gasteiger partial charge < -0.3 is 14.7 Å². The lowest BCUT2D eigenvalue weighted by molar-refractivity contribution is -0.138. The lowest BCUT2D eigenvalue weighted by atomic mass is 10.2. The van der Waals surface area contributed by atoms with Gasteiger partial charge in [0, 0.05) is 12.1 Å². The van der Waals surface area contributed by atoms with Crippen LogP contribution in [0, 0.1) is 0 Å². The quantitative estimate of drug-likeness (QED) is 0.905. The van der Waals surface area contributed by atoms with Crippen LogP contribution in [0.2, 0.25) is 5.02 Å². The zero-order valence-corrected chi connectivity index (χ0v) is 12.5. The van der Waals surface area contributed by atoms with Crippen molar-refractivity contribution in [1.82, 2.24) is 0 Å². The van der Waals surface area contributed by atoms with E-state index < -0.39 is 12.0 Å². The smallest absolute Gasteiger partial charge is 0.326 e. The van der Waals surface area contributed by atoms with Crippen LogP contribution in [0.25, 0.3) is 0 Å². The van der Waals surface area contributed by atoms with E-state index in [4.69, 9.17) is 21.4 Å². The van der Waals surface area contributed by atoms with Crippen LogP contribution in [0.1, 0.15) is 6.92 Å². The van der Waals surface area contributed by atoms with Crippen molar-refractivity contribution in [2.75, 3.05) is 11.9 Å². The highest BCUT2D eigenvalue weighted by Gasteiger charge is 2.20. The number of carbonyl (C=O) groups is 1. The van der Waals surface area contributed by atoms with E-state index in [2.05, 4.69) is 0 Å². The molecule has 0 heterocycles. The average Bonchev–Trinajstić information content (AvgIpc) is 2.48. The Hall–Kier alpha value is -2.20. The van der Waals surface area contributed by atoms with Crippen molar-refractivity contribution in [2.45, 2.75) is 13.0 Å². The normalized spacial score (nSPS) is 11.8. The summed E-state index contributed by atoms with van der Waals surface area (Å²) in [5.41, 5.74) is 0.626. The third kappa shape index (κ3) is 3.67. The first-order valence-corrected chi connectivity index (χ1v) is 6.85. The molecule has 0 radical (unpaired) electrons. The summed E-state index contributed by atoms with van der Waals surface area (Å²) in [4.78, 5) is 12.8. The third-order valence-corrected chi connectivity index (χ3v) is 3.45. The maximum absolute atomic E-state index is 11.2. The molecule has 2 aromatic carbocycles. The fourth-order valence-corrected chi connectivity index (χ4v) is 2.01. The molecule has 4 nitrogen and oxygen atoms in total. The molecule has 5 heteroatoms. The Kier molecular flexibility index (Phi) is 4.70. The molecular weight excluding hydrogens is 290 g/mol. The van der Waals surface area contributed by atoms with Crippen molar-refractivity contribution in [3.8, 4) is 11.5 Å². The molecule has 0 unspecified atom stereocenters. The van der Waals surface area contributed by atoms with E-state index in [1.807, 2.05) is 30.3 Å². The minimum atomic E-state index is -0.914. The van der Waals surface area contributed by atoms with E-state index in [-0.39, 0.29) is 0 Å². The fraction of sp³-hybridized carbons (Fsp3) is 0.188. The molecule has 0 amide bonds. The number of benzene rings is 2. The number of likely N-dealkylation sites (N-methyl/N-ethyl adjacent to an activating group) is 1. The minimum Gasteiger partial charge on any atom is -0.480 e. The second kappa shape index (κ2) is 6.50. The Labute approximate surface area is 128 Å². The summed E-state index contributed by atoms with van der Waals surface area (Å²) in [5, 5.41) is 9.67. The molecule has 1 atom stereocenters. The van der Waals surface area contributed by atoms with Crippen LogP contribution in [-0.4, -0.2) is 24.2 Å². The molecule has 0 spiro atoms. The first-order chi connectivity index (χ1) is 9.99. The van der Waals surface area contributed by atoms with E-state index in [0.29, 0.717) is 22.2 Å². The highest BCUT2D eigenvalue weighted by Crippen LogP contribution is 2.35. The van der Waals surface area contributed by atoms with Crippen molar-refractivity contribution in [1.29, 1.82) is 0 Å². The lowest BCUT2D eigenvalue weighted by Crippen LogP contribution is -2.35. The van der Waals surface area contributed by atoms with E-state index in [9.17, 15) is 4.79 Å². The molecule has 1 N–H and O–H groups in total. The monoisotopic (exact) mass is 305 g/mol. The average molecular weight is 306 g/mol. The van der Waals surface area contributed by atoms with E-state index in [0.717, 1.165) is 0 Å². The number of halogens is 1. The minimum absolute atomic E-state index is 0.523. The van der Waals surface area contributed by atoms with Gasteiger partial charge in [-0.25, -0.2) is 4.79 Å². The molecule has 21 heavy (non-hydrogen) atoms. The molecule has 2 rings (SSSR count). The van der Waals surface area contributed by atoms with Crippen LogP contribution < -0.4 is 9.64 Å². The van der Waals surface area contributed by atoms with Gasteiger partial charge in [0.2, 0.25) is 0 Å². The predicted molar refractivity (Wildman–Crippen MR) is 83.5 cm³/mol. The number of ether oxygens (including phenoxy) is 1. The van der Waals surface area contributed by atoms with Gasteiger partial charge in [0.05, 0.1) is 5.69 Å². The summed E-state index contributed by atoms with van der Waals surface area (Å²) in [6.07, 6.45) is 0. The van der Waals surface area contributed by atoms with Crippen molar-refractivity contribution < 1.29 is 14.6 Å². The maximum Gasteiger partial charge on any atom is 0.326 e. The number of para-hydroxylation sites is 1. The summed E-state index contributed by atoms with van der Waals surface area (Å²) in [6, 6.07) is 13.7. The summed E-state index contributed by atoms with van der Waals surface area (Å²) in [6.45, 7) is 1.61. The standard InChI is InChI=1S/C16H16ClNO3/c1-11(16(19)20)18(2)14-10-12(17)8-9-15(14)21-13-6-4-3-5-7-13/h3-11H,1-2H3,(H,19,20)/t11-/m0/s1. The Bertz CT molecular complexity index is 631. The Morgan fingerprint density at radius 2 is 1.90 bits per heavy atom. The fourth-order valence-electron chi connectivity index (χ4n) is 1.84. The summed E-state index contributed by atoms with van der Waals surface area (Å²) in [5.74, 6) is 0.321.